The molecule has 0 radical (unpaired) electrons. The van der Waals surface area contributed by atoms with E-state index in [9.17, 15) is 4.79 Å². The molecule has 4 nitrogen and oxygen atoms in total. The summed E-state index contributed by atoms with van der Waals surface area (Å²) in [6.07, 6.45) is 3.33. The molecule has 0 spiro atoms. The third-order valence-corrected chi connectivity index (χ3v) is 4.17. The Bertz CT molecular complexity index is 852. The number of nitrogens with one attached hydrogen (secondary N) is 1. The topological polar surface area (TPSA) is 51.5 Å². The van der Waals surface area contributed by atoms with Crippen molar-refractivity contribution < 1.29 is 13.9 Å². The number of amides is 1. The number of hydrogen-bond acceptors (Lipinski definition) is 3. The summed E-state index contributed by atoms with van der Waals surface area (Å²) in [5.74, 6) is 1.17. The van der Waals surface area contributed by atoms with Crippen molar-refractivity contribution in [1.82, 2.24) is 5.32 Å². The van der Waals surface area contributed by atoms with Crippen molar-refractivity contribution in [2.24, 2.45) is 0 Å². The highest BCUT2D eigenvalue weighted by Crippen LogP contribution is 2.35. The molecule has 0 bridgehead atoms. The minimum absolute atomic E-state index is 0.166. The Kier molecular flexibility index (Phi) is 5.39. The summed E-state index contributed by atoms with van der Waals surface area (Å²) in [6.45, 7) is 2.84. The van der Waals surface area contributed by atoms with Crippen LogP contribution in [0.25, 0.3) is 22.3 Å². The summed E-state index contributed by atoms with van der Waals surface area (Å²) in [5.41, 5.74) is 2.10. The van der Waals surface area contributed by atoms with Crippen LogP contribution >= 0.6 is 0 Å². The van der Waals surface area contributed by atoms with E-state index in [0.717, 1.165) is 36.0 Å². The molecule has 3 aromatic rings. The van der Waals surface area contributed by atoms with Crippen LogP contribution in [0.1, 0.15) is 36.5 Å². The van der Waals surface area contributed by atoms with Crippen LogP contribution in [-0.2, 0) is 0 Å². The maximum Gasteiger partial charge on any atom is 0.255 e. The first kappa shape index (κ1) is 17.1. The molecule has 3 rings (SSSR count). The van der Waals surface area contributed by atoms with Crippen molar-refractivity contribution in [3.8, 4) is 17.1 Å². The van der Waals surface area contributed by atoms with Crippen molar-refractivity contribution >= 4 is 16.9 Å². The number of furan rings is 1. The lowest BCUT2D eigenvalue weighted by atomic mass is 10.0. The van der Waals surface area contributed by atoms with Gasteiger partial charge in [0.25, 0.3) is 5.91 Å². The molecule has 25 heavy (non-hydrogen) atoms. The Morgan fingerprint density at radius 2 is 1.92 bits per heavy atom. The van der Waals surface area contributed by atoms with Gasteiger partial charge in [0.05, 0.1) is 12.2 Å². The fraction of sp³-hybridized carbons (Fsp3) is 0.286. The van der Waals surface area contributed by atoms with Crippen molar-refractivity contribution in [2.75, 3.05) is 13.7 Å². The standard InChI is InChI=1S/C21H23NO3/c1-3-4-8-13-24-16-11-12-18-17(14-16)19(21(23)22-2)20(25-18)15-9-6-5-7-10-15/h5-7,9-12,14H,3-4,8,13H2,1-2H3,(H,22,23). The van der Waals surface area contributed by atoms with Gasteiger partial charge in [-0.05, 0) is 24.6 Å². The molecule has 1 N–H and O–H groups in total. The number of unbranched alkanes of at least 4 members (excludes halogenated alkanes) is 2. The number of ether oxygens (including phenoxy) is 1. The summed E-state index contributed by atoms with van der Waals surface area (Å²) < 4.78 is 11.8. The Morgan fingerprint density at radius 1 is 1.12 bits per heavy atom. The zero-order valence-electron chi connectivity index (χ0n) is 14.7. The van der Waals surface area contributed by atoms with Crippen LogP contribution in [0, 0.1) is 0 Å². The molecule has 1 heterocycles. The average molecular weight is 337 g/mol. The van der Waals surface area contributed by atoms with Crippen LogP contribution < -0.4 is 10.1 Å². The van der Waals surface area contributed by atoms with Gasteiger partial charge in [-0.25, -0.2) is 0 Å². The molecule has 2 aromatic carbocycles. The quantitative estimate of drug-likeness (QED) is 0.615. The molecule has 0 unspecified atom stereocenters. The molecule has 0 atom stereocenters. The maximum atomic E-state index is 12.5. The molecule has 1 amide bonds. The van der Waals surface area contributed by atoms with E-state index in [2.05, 4.69) is 12.2 Å². The fourth-order valence-electron chi connectivity index (χ4n) is 2.85. The lowest BCUT2D eigenvalue weighted by Gasteiger charge is -2.06. The van der Waals surface area contributed by atoms with Gasteiger partial charge in [-0.15, -0.1) is 0 Å². The van der Waals surface area contributed by atoms with E-state index in [-0.39, 0.29) is 5.91 Å². The first-order valence-corrected chi connectivity index (χ1v) is 8.71. The third-order valence-electron chi connectivity index (χ3n) is 4.17. The van der Waals surface area contributed by atoms with Crippen LogP contribution in [0.2, 0.25) is 0 Å². The highest BCUT2D eigenvalue weighted by molar-refractivity contribution is 6.11. The Morgan fingerprint density at radius 3 is 2.64 bits per heavy atom. The maximum absolute atomic E-state index is 12.5. The molecule has 0 fully saturated rings. The summed E-state index contributed by atoms with van der Waals surface area (Å²) in [4.78, 5) is 12.5. The summed E-state index contributed by atoms with van der Waals surface area (Å²) >= 11 is 0. The zero-order valence-corrected chi connectivity index (χ0v) is 14.7. The minimum atomic E-state index is -0.166. The van der Waals surface area contributed by atoms with E-state index in [1.165, 1.54) is 0 Å². The van der Waals surface area contributed by atoms with Gasteiger partial charge in [0.2, 0.25) is 0 Å². The zero-order chi connectivity index (χ0) is 17.6. The number of fused-ring (bicyclic) bond motifs is 1. The van der Waals surface area contributed by atoms with Gasteiger partial charge in [0.1, 0.15) is 17.1 Å². The highest BCUT2D eigenvalue weighted by atomic mass is 16.5. The molecule has 0 aliphatic carbocycles. The molecule has 4 heteroatoms. The van der Waals surface area contributed by atoms with Crippen LogP contribution in [-0.4, -0.2) is 19.6 Å². The number of carbonyl (C=O) groups is 1. The molecule has 0 saturated heterocycles. The van der Waals surface area contributed by atoms with Crippen LogP contribution in [0.5, 0.6) is 5.75 Å². The van der Waals surface area contributed by atoms with E-state index < -0.39 is 0 Å². The second kappa shape index (κ2) is 7.88. The molecule has 130 valence electrons. The van der Waals surface area contributed by atoms with Crippen molar-refractivity contribution in [2.45, 2.75) is 26.2 Å². The van der Waals surface area contributed by atoms with Crippen LogP contribution in [0.4, 0.5) is 0 Å². The Balaban J connectivity index is 2.01. The van der Waals surface area contributed by atoms with E-state index in [1.54, 1.807) is 7.05 Å². The van der Waals surface area contributed by atoms with Crippen molar-refractivity contribution in [3.63, 3.8) is 0 Å². The van der Waals surface area contributed by atoms with Gasteiger partial charge >= 0.3 is 0 Å². The molecule has 0 aliphatic rings. The minimum Gasteiger partial charge on any atom is -0.494 e. The Hall–Kier alpha value is -2.75. The number of carbonyl (C=O) groups excluding carboxylic acids is 1. The third kappa shape index (κ3) is 3.68. The van der Waals surface area contributed by atoms with Crippen LogP contribution in [0.3, 0.4) is 0 Å². The van der Waals surface area contributed by atoms with Gasteiger partial charge in [0.15, 0.2) is 0 Å². The predicted octanol–water partition coefficient (Wildman–Crippen LogP) is 5.03. The van der Waals surface area contributed by atoms with E-state index in [4.69, 9.17) is 9.15 Å². The van der Waals surface area contributed by atoms with E-state index in [0.29, 0.717) is 23.5 Å². The monoisotopic (exact) mass is 337 g/mol. The Labute approximate surface area is 147 Å². The fourth-order valence-corrected chi connectivity index (χ4v) is 2.85. The SMILES string of the molecule is CCCCCOc1ccc2oc(-c3ccccc3)c(C(=O)NC)c2c1. The lowest BCUT2D eigenvalue weighted by molar-refractivity contribution is 0.0964. The van der Waals surface area contributed by atoms with Crippen LogP contribution in [0.15, 0.2) is 52.9 Å². The summed E-state index contributed by atoms with van der Waals surface area (Å²) in [5, 5.41) is 3.48. The van der Waals surface area contributed by atoms with Gasteiger partial charge in [0, 0.05) is 18.0 Å². The number of hydrogen-bond donors (Lipinski definition) is 1. The summed E-state index contributed by atoms with van der Waals surface area (Å²) in [6, 6.07) is 15.3. The highest BCUT2D eigenvalue weighted by Gasteiger charge is 2.21. The predicted molar refractivity (Wildman–Crippen MR) is 100 cm³/mol. The van der Waals surface area contributed by atoms with Crippen molar-refractivity contribution in [3.05, 3.63) is 54.1 Å². The van der Waals surface area contributed by atoms with Crippen molar-refractivity contribution in [1.29, 1.82) is 0 Å². The average Bonchev–Trinajstić information content (AvgIpc) is 3.04. The molecular formula is C21H23NO3. The van der Waals surface area contributed by atoms with Gasteiger partial charge in [-0.1, -0.05) is 50.1 Å². The van der Waals surface area contributed by atoms with Gasteiger partial charge in [-0.3, -0.25) is 4.79 Å². The largest absolute Gasteiger partial charge is 0.494 e. The normalized spacial score (nSPS) is 10.8. The molecule has 0 aliphatic heterocycles. The van der Waals surface area contributed by atoms with E-state index in [1.807, 2.05) is 48.5 Å². The first-order valence-electron chi connectivity index (χ1n) is 8.71. The molecule has 0 saturated carbocycles. The molecular weight excluding hydrogens is 314 g/mol. The smallest absolute Gasteiger partial charge is 0.255 e. The van der Waals surface area contributed by atoms with Gasteiger partial charge < -0.3 is 14.5 Å². The number of benzene rings is 2. The van der Waals surface area contributed by atoms with E-state index >= 15 is 0 Å². The second-order valence-electron chi connectivity index (χ2n) is 5.96. The molecule has 1 aromatic heterocycles. The first-order chi connectivity index (χ1) is 12.2. The number of rotatable bonds is 7. The van der Waals surface area contributed by atoms with Gasteiger partial charge in [-0.2, -0.15) is 0 Å². The second-order valence-corrected chi connectivity index (χ2v) is 5.96. The summed E-state index contributed by atoms with van der Waals surface area (Å²) in [7, 11) is 1.63. The lowest BCUT2D eigenvalue weighted by Crippen LogP contribution is -2.18.